The molecule has 1 aromatic heterocycles. The lowest BCUT2D eigenvalue weighted by Crippen LogP contribution is -2.19. The smallest absolute Gasteiger partial charge is 0.251 e. The maximum Gasteiger partial charge on any atom is 0.251 e. The fourth-order valence-electron chi connectivity index (χ4n) is 1.90. The number of hydrogen-bond donors (Lipinski definition) is 0. The zero-order chi connectivity index (χ0) is 12.4. The second kappa shape index (κ2) is 4.57. The normalized spacial score (nSPS) is 10.8. The molecule has 1 heterocycles. The molecule has 0 aliphatic heterocycles. The molecule has 2 aromatic rings. The van der Waals surface area contributed by atoms with Crippen LogP contribution in [-0.2, 0) is 6.54 Å². The van der Waals surface area contributed by atoms with E-state index in [-0.39, 0.29) is 11.4 Å². The summed E-state index contributed by atoms with van der Waals surface area (Å²) in [5, 5.41) is 0.443. The highest BCUT2D eigenvalue weighted by Gasteiger charge is 2.08. The average molecular weight is 235 g/mol. The molecule has 0 atom stereocenters. The van der Waals surface area contributed by atoms with Crippen molar-refractivity contribution in [1.82, 2.24) is 4.57 Å². The van der Waals surface area contributed by atoms with Crippen molar-refractivity contribution in [3.63, 3.8) is 0 Å². The number of hydrogen-bond acceptors (Lipinski definition) is 2. The summed E-state index contributed by atoms with van der Waals surface area (Å²) < 4.78 is 20.4. The largest absolute Gasteiger partial charge is 0.497 e. The van der Waals surface area contributed by atoms with Gasteiger partial charge in [-0.05, 0) is 12.5 Å². The van der Waals surface area contributed by atoms with Crippen molar-refractivity contribution in [2.75, 3.05) is 7.11 Å². The Balaban J connectivity index is 2.81. The van der Waals surface area contributed by atoms with Gasteiger partial charge in [-0.2, -0.15) is 0 Å². The summed E-state index contributed by atoms with van der Waals surface area (Å²) in [6.07, 6.45) is 0.817. The van der Waals surface area contributed by atoms with Crippen LogP contribution in [0.3, 0.4) is 0 Å². The lowest BCUT2D eigenvalue weighted by Gasteiger charge is -2.10. The topological polar surface area (TPSA) is 31.2 Å². The van der Waals surface area contributed by atoms with Gasteiger partial charge in [0, 0.05) is 30.1 Å². The van der Waals surface area contributed by atoms with E-state index in [0.29, 0.717) is 23.2 Å². The summed E-state index contributed by atoms with van der Waals surface area (Å²) in [6.45, 7) is 2.55. The number of ether oxygens (including phenoxy) is 1. The van der Waals surface area contributed by atoms with Crippen LogP contribution in [0.5, 0.6) is 5.75 Å². The number of pyridine rings is 1. The Morgan fingerprint density at radius 3 is 2.76 bits per heavy atom. The highest BCUT2D eigenvalue weighted by atomic mass is 19.1. The van der Waals surface area contributed by atoms with Gasteiger partial charge in [-0.25, -0.2) is 4.39 Å². The van der Waals surface area contributed by atoms with Gasteiger partial charge in [0.25, 0.3) is 5.56 Å². The first-order chi connectivity index (χ1) is 8.17. The minimum atomic E-state index is -0.371. The van der Waals surface area contributed by atoms with Gasteiger partial charge in [-0.1, -0.05) is 6.92 Å². The van der Waals surface area contributed by atoms with Crippen LogP contribution in [0.1, 0.15) is 13.3 Å². The van der Waals surface area contributed by atoms with Crippen LogP contribution < -0.4 is 10.3 Å². The van der Waals surface area contributed by atoms with Crippen LogP contribution in [0, 0.1) is 5.82 Å². The van der Waals surface area contributed by atoms with Crippen molar-refractivity contribution in [1.29, 1.82) is 0 Å². The minimum Gasteiger partial charge on any atom is -0.497 e. The number of aryl methyl sites for hydroxylation is 1. The van der Waals surface area contributed by atoms with Crippen LogP contribution in [-0.4, -0.2) is 11.7 Å². The van der Waals surface area contributed by atoms with E-state index in [0.717, 1.165) is 6.42 Å². The maximum atomic E-state index is 13.8. The number of methoxy groups -OCH3 is 1. The average Bonchev–Trinajstić information content (AvgIpc) is 2.32. The molecule has 90 valence electrons. The van der Waals surface area contributed by atoms with Crippen molar-refractivity contribution >= 4 is 10.9 Å². The van der Waals surface area contributed by atoms with Crippen LogP contribution >= 0.6 is 0 Å². The summed E-state index contributed by atoms with van der Waals surface area (Å²) in [7, 11) is 1.48. The Labute approximate surface area is 98.4 Å². The molecular formula is C13H14FNO2. The van der Waals surface area contributed by atoms with Gasteiger partial charge in [0.2, 0.25) is 0 Å². The van der Waals surface area contributed by atoms with E-state index in [1.54, 1.807) is 10.6 Å². The third-order valence-corrected chi connectivity index (χ3v) is 2.71. The SMILES string of the molecule is CCCn1c(=O)ccc2c(F)cc(OC)cc21. The predicted octanol–water partition coefficient (Wildman–Crippen LogP) is 2.56. The molecule has 0 N–H and O–H groups in total. The second-order valence-corrected chi connectivity index (χ2v) is 3.87. The van der Waals surface area contributed by atoms with Crippen LogP contribution in [0.15, 0.2) is 29.1 Å². The third-order valence-electron chi connectivity index (χ3n) is 2.71. The van der Waals surface area contributed by atoms with Gasteiger partial charge in [-0.15, -0.1) is 0 Å². The van der Waals surface area contributed by atoms with Gasteiger partial charge >= 0.3 is 0 Å². The molecule has 0 radical (unpaired) electrons. The van der Waals surface area contributed by atoms with Crippen LogP contribution in [0.25, 0.3) is 10.9 Å². The van der Waals surface area contributed by atoms with Crippen LogP contribution in [0.4, 0.5) is 4.39 Å². The predicted molar refractivity (Wildman–Crippen MR) is 65.0 cm³/mol. The first-order valence-corrected chi connectivity index (χ1v) is 5.54. The number of rotatable bonds is 3. The lowest BCUT2D eigenvalue weighted by atomic mass is 10.2. The molecule has 0 aliphatic carbocycles. The Bertz CT molecular complexity index is 604. The maximum absolute atomic E-state index is 13.8. The monoisotopic (exact) mass is 235 g/mol. The minimum absolute atomic E-state index is 0.119. The standard InChI is InChI=1S/C13H14FNO2/c1-3-6-15-12-8-9(17-2)7-11(14)10(12)4-5-13(15)16/h4-5,7-8H,3,6H2,1-2H3. The number of nitrogens with zero attached hydrogens (tertiary/aromatic N) is 1. The zero-order valence-corrected chi connectivity index (χ0v) is 9.87. The highest BCUT2D eigenvalue weighted by Crippen LogP contribution is 2.23. The third kappa shape index (κ3) is 2.02. The highest BCUT2D eigenvalue weighted by molar-refractivity contribution is 5.81. The molecule has 0 bridgehead atoms. The lowest BCUT2D eigenvalue weighted by molar-refractivity contribution is 0.412. The summed E-state index contributed by atoms with van der Waals surface area (Å²) in [5.41, 5.74) is 0.461. The first-order valence-electron chi connectivity index (χ1n) is 5.54. The van der Waals surface area contributed by atoms with Gasteiger partial charge in [0.1, 0.15) is 11.6 Å². The van der Waals surface area contributed by atoms with Crippen molar-refractivity contribution in [3.8, 4) is 5.75 Å². The summed E-state index contributed by atoms with van der Waals surface area (Å²) in [4.78, 5) is 11.7. The molecule has 3 nitrogen and oxygen atoms in total. The van der Waals surface area contributed by atoms with E-state index in [2.05, 4.69) is 0 Å². The van der Waals surface area contributed by atoms with Gasteiger partial charge in [-0.3, -0.25) is 4.79 Å². The summed E-state index contributed by atoms with van der Waals surface area (Å²) in [6, 6.07) is 5.92. The van der Waals surface area contributed by atoms with Crippen molar-refractivity contribution in [2.45, 2.75) is 19.9 Å². The molecule has 0 amide bonds. The number of aromatic nitrogens is 1. The fourth-order valence-corrected chi connectivity index (χ4v) is 1.90. The molecule has 0 aliphatic rings. The Hall–Kier alpha value is -1.84. The van der Waals surface area contributed by atoms with E-state index in [9.17, 15) is 9.18 Å². The van der Waals surface area contributed by atoms with Crippen molar-refractivity contribution in [2.24, 2.45) is 0 Å². The number of fused-ring (bicyclic) bond motifs is 1. The molecule has 0 unspecified atom stereocenters. The molecular weight excluding hydrogens is 221 g/mol. The first kappa shape index (κ1) is 11.6. The molecule has 4 heteroatoms. The van der Waals surface area contributed by atoms with E-state index in [4.69, 9.17) is 4.74 Å². The molecule has 0 spiro atoms. The van der Waals surface area contributed by atoms with E-state index in [1.165, 1.54) is 25.3 Å². The zero-order valence-electron chi connectivity index (χ0n) is 9.87. The molecule has 1 aromatic carbocycles. The molecule has 17 heavy (non-hydrogen) atoms. The Morgan fingerprint density at radius 2 is 2.12 bits per heavy atom. The molecule has 0 saturated carbocycles. The molecule has 0 fully saturated rings. The summed E-state index contributed by atoms with van der Waals surface area (Å²) in [5.74, 6) is 0.0506. The number of benzene rings is 1. The van der Waals surface area contributed by atoms with Gasteiger partial charge in [0.15, 0.2) is 0 Å². The molecule has 2 rings (SSSR count). The molecule has 0 saturated heterocycles. The van der Waals surface area contributed by atoms with Crippen LogP contribution in [0.2, 0.25) is 0 Å². The van der Waals surface area contributed by atoms with E-state index >= 15 is 0 Å². The van der Waals surface area contributed by atoms with Gasteiger partial charge < -0.3 is 9.30 Å². The second-order valence-electron chi connectivity index (χ2n) is 3.87. The quantitative estimate of drug-likeness (QED) is 0.818. The van der Waals surface area contributed by atoms with Crippen molar-refractivity contribution in [3.05, 3.63) is 40.4 Å². The number of halogens is 1. The fraction of sp³-hybridized carbons (Fsp3) is 0.308. The van der Waals surface area contributed by atoms with Gasteiger partial charge in [0.05, 0.1) is 12.6 Å². The van der Waals surface area contributed by atoms with Crippen molar-refractivity contribution < 1.29 is 9.13 Å². The van der Waals surface area contributed by atoms with E-state index < -0.39 is 0 Å². The Morgan fingerprint density at radius 1 is 1.35 bits per heavy atom. The Kier molecular flexibility index (Phi) is 3.13. The van der Waals surface area contributed by atoms with E-state index in [1.807, 2.05) is 6.92 Å². The summed E-state index contributed by atoms with van der Waals surface area (Å²) >= 11 is 0.